The number of hydrogen-bond acceptors (Lipinski definition) is 4. The number of carbonyl (C=O) groups excluding carboxylic acids is 1. The van der Waals surface area contributed by atoms with E-state index in [-0.39, 0.29) is 11.5 Å². The van der Waals surface area contributed by atoms with Crippen molar-refractivity contribution in [2.45, 2.75) is 19.4 Å². The van der Waals surface area contributed by atoms with Crippen LogP contribution in [0.4, 0.5) is 0 Å². The monoisotopic (exact) mass is 397 g/mol. The molecule has 0 bridgehead atoms. The molecule has 2 aromatic heterocycles. The molecule has 1 saturated heterocycles. The molecule has 0 spiro atoms. The van der Waals surface area contributed by atoms with Gasteiger partial charge in [0, 0.05) is 48.7 Å². The van der Waals surface area contributed by atoms with Gasteiger partial charge in [-0.05, 0) is 55.2 Å². The van der Waals surface area contributed by atoms with Crippen LogP contribution < -0.4 is 5.56 Å². The number of halogens is 1. The first kappa shape index (κ1) is 18.4. The minimum Gasteiger partial charge on any atom is -0.339 e. The van der Waals surface area contributed by atoms with Gasteiger partial charge in [-0.15, -0.1) is 5.10 Å². The number of rotatable bonds is 4. The average molecular weight is 398 g/mol. The van der Waals surface area contributed by atoms with Crippen molar-refractivity contribution in [3.63, 3.8) is 0 Å². The van der Waals surface area contributed by atoms with Crippen LogP contribution in [0, 0.1) is 5.92 Å². The summed E-state index contributed by atoms with van der Waals surface area (Å²) in [6, 6.07) is 12.0. The minimum absolute atomic E-state index is 0.0195. The number of nitrogens with zero attached hydrogens (tertiary/aromatic N) is 5. The molecule has 4 rings (SSSR count). The third-order valence-corrected chi connectivity index (χ3v) is 5.27. The van der Waals surface area contributed by atoms with Crippen LogP contribution in [0.1, 0.15) is 23.2 Å². The van der Waals surface area contributed by atoms with Crippen LogP contribution in [-0.4, -0.2) is 43.5 Å². The number of carbonyl (C=O) groups is 1. The first-order valence-corrected chi connectivity index (χ1v) is 9.61. The standard InChI is InChI=1S/C20H20ClN5O2/c21-17-4-2-16(3-5-17)20(28)24-12-8-15(9-13-24)14-26-19(27)7-6-18(23-26)25-11-1-10-22-25/h1-7,10-11,15H,8-9,12-14H2. The minimum atomic E-state index is -0.129. The summed E-state index contributed by atoms with van der Waals surface area (Å²) in [4.78, 5) is 26.7. The molecule has 1 aliphatic heterocycles. The Morgan fingerprint density at radius 1 is 1.11 bits per heavy atom. The van der Waals surface area contributed by atoms with Crippen molar-refractivity contribution in [2.24, 2.45) is 5.92 Å². The van der Waals surface area contributed by atoms with E-state index in [2.05, 4.69) is 10.2 Å². The Morgan fingerprint density at radius 2 is 1.86 bits per heavy atom. The highest BCUT2D eigenvalue weighted by Gasteiger charge is 2.24. The highest BCUT2D eigenvalue weighted by atomic mass is 35.5. The second-order valence-corrected chi connectivity index (χ2v) is 7.34. The smallest absolute Gasteiger partial charge is 0.266 e. The van der Waals surface area contributed by atoms with Crippen LogP contribution in [-0.2, 0) is 6.54 Å². The van der Waals surface area contributed by atoms with Crippen molar-refractivity contribution in [1.82, 2.24) is 24.5 Å². The molecular weight excluding hydrogens is 378 g/mol. The number of amides is 1. The lowest BCUT2D eigenvalue weighted by Crippen LogP contribution is -2.40. The van der Waals surface area contributed by atoms with E-state index in [0.717, 1.165) is 12.8 Å². The number of hydrogen-bond donors (Lipinski definition) is 0. The van der Waals surface area contributed by atoms with Crippen molar-refractivity contribution in [3.05, 3.63) is 75.8 Å². The van der Waals surface area contributed by atoms with Crippen LogP contribution >= 0.6 is 11.6 Å². The van der Waals surface area contributed by atoms with Crippen LogP contribution in [0.5, 0.6) is 0 Å². The second-order valence-electron chi connectivity index (χ2n) is 6.90. The average Bonchev–Trinajstić information content (AvgIpc) is 3.25. The van der Waals surface area contributed by atoms with Gasteiger partial charge in [-0.2, -0.15) is 5.10 Å². The van der Waals surface area contributed by atoms with Crippen LogP contribution in [0.25, 0.3) is 5.82 Å². The van der Waals surface area contributed by atoms with Crippen molar-refractivity contribution < 1.29 is 4.79 Å². The number of likely N-dealkylation sites (tertiary alicyclic amines) is 1. The fourth-order valence-electron chi connectivity index (χ4n) is 3.43. The van der Waals surface area contributed by atoms with Crippen molar-refractivity contribution >= 4 is 17.5 Å². The molecule has 3 aromatic rings. The third kappa shape index (κ3) is 3.99. The molecule has 7 nitrogen and oxygen atoms in total. The van der Waals surface area contributed by atoms with Crippen LogP contribution in [0.2, 0.25) is 5.02 Å². The van der Waals surface area contributed by atoms with Gasteiger partial charge in [0.25, 0.3) is 11.5 Å². The second kappa shape index (κ2) is 7.98. The zero-order chi connectivity index (χ0) is 19.5. The summed E-state index contributed by atoms with van der Waals surface area (Å²) in [5, 5.41) is 9.20. The van der Waals surface area contributed by atoms with E-state index in [1.54, 1.807) is 47.4 Å². The number of aromatic nitrogens is 4. The van der Waals surface area contributed by atoms with Gasteiger partial charge in [-0.1, -0.05) is 11.6 Å². The van der Waals surface area contributed by atoms with Gasteiger partial charge in [0.2, 0.25) is 0 Å². The summed E-state index contributed by atoms with van der Waals surface area (Å²) in [6.45, 7) is 1.87. The molecule has 8 heteroatoms. The Bertz CT molecular complexity index is 1010. The first-order chi connectivity index (χ1) is 13.6. The summed E-state index contributed by atoms with van der Waals surface area (Å²) in [5.74, 6) is 0.929. The first-order valence-electron chi connectivity index (χ1n) is 9.23. The van der Waals surface area contributed by atoms with Crippen LogP contribution in [0.15, 0.2) is 59.7 Å². The van der Waals surface area contributed by atoms with E-state index in [4.69, 9.17) is 11.6 Å². The molecule has 1 aliphatic rings. The third-order valence-electron chi connectivity index (χ3n) is 5.02. The summed E-state index contributed by atoms with van der Waals surface area (Å²) >= 11 is 5.89. The van der Waals surface area contributed by atoms with Gasteiger partial charge in [0.05, 0.1) is 0 Å². The zero-order valence-electron chi connectivity index (χ0n) is 15.2. The zero-order valence-corrected chi connectivity index (χ0v) is 16.0. The van der Waals surface area contributed by atoms with Gasteiger partial charge < -0.3 is 4.90 Å². The summed E-state index contributed by atoms with van der Waals surface area (Å²) in [6.07, 6.45) is 5.13. The van der Waals surface area contributed by atoms with Crippen molar-refractivity contribution in [2.75, 3.05) is 13.1 Å². The maximum absolute atomic E-state index is 12.6. The normalized spacial score (nSPS) is 15.0. The van der Waals surface area contributed by atoms with Gasteiger partial charge in [-0.3, -0.25) is 9.59 Å². The molecule has 0 saturated carbocycles. The molecule has 0 N–H and O–H groups in total. The lowest BCUT2D eigenvalue weighted by atomic mass is 9.96. The Labute approximate surface area is 167 Å². The Morgan fingerprint density at radius 3 is 2.54 bits per heavy atom. The van der Waals surface area contributed by atoms with Crippen molar-refractivity contribution in [1.29, 1.82) is 0 Å². The Hall–Kier alpha value is -2.93. The molecule has 3 heterocycles. The maximum Gasteiger partial charge on any atom is 0.266 e. The molecule has 0 unspecified atom stereocenters. The Kier molecular flexibility index (Phi) is 5.25. The fraction of sp³-hybridized carbons (Fsp3) is 0.300. The lowest BCUT2D eigenvalue weighted by molar-refractivity contribution is 0.0680. The number of benzene rings is 1. The van der Waals surface area contributed by atoms with E-state index >= 15 is 0 Å². The quantitative estimate of drug-likeness (QED) is 0.678. The lowest BCUT2D eigenvalue weighted by Gasteiger charge is -2.32. The van der Waals surface area contributed by atoms with Crippen molar-refractivity contribution in [3.8, 4) is 5.82 Å². The molecule has 0 aliphatic carbocycles. The van der Waals surface area contributed by atoms with E-state index in [9.17, 15) is 9.59 Å². The van der Waals surface area contributed by atoms with Gasteiger partial charge >= 0.3 is 0 Å². The molecule has 1 fully saturated rings. The van der Waals surface area contributed by atoms with E-state index in [1.165, 1.54) is 10.7 Å². The highest BCUT2D eigenvalue weighted by molar-refractivity contribution is 6.30. The van der Waals surface area contributed by atoms with E-state index < -0.39 is 0 Å². The molecule has 28 heavy (non-hydrogen) atoms. The molecule has 1 aromatic carbocycles. The molecule has 1 amide bonds. The largest absolute Gasteiger partial charge is 0.339 e. The van der Waals surface area contributed by atoms with Crippen LogP contribution in [0.3, 0.4) is 0 Å². The van der Waals surface area contributed by atoms with Gasteiger partial charge in [0.1, 0.15) is 0 Å². The fourth-order valence-corrected chi connectivity index (χ4v) is 3.56. The summed E-state index contributed by atoms with van der Waals surface area (Å²) in [5.41, 5.74) is 0.517. The van der Waals surface area contributed by atoms with E-state index in [0.29, 0.717) is 42.0 Å². The topological polar surface area (TPSA) is 73.0 Å². The predicted molar refractivity (Wildman–Crippen MR) is 106 cm³/mol. The van der Waals surface area contributed by atoms with Gasteiger partial charge in [0.15, 0.2) is 5.82 Å². The summed E-state index contributed by atoms with van der Waals surface area (Å²) in [7, 11) is 0. The SMILES string of the molecule is O=C(c1ccc(Cl)cc1)N1CCC(Cn2nc(-n3cccn3)ccc2=O)CC1. The highest BCUT2D eigenvalue weighted by Crippen LogP contribution is 2.21. The molecule has 0 radical (unpaired) electrons. The predicted octanol–water partition coefficient (Wildman–Crippen LogP) is 2.63. The summed E-state index contributed by atoms with van der Waals surface area (Å²) < 4.78 is 3.13. The molecular formula is C20H20ClN5O2. The maximum atomic E-state index is 12.6. The number of piperidine rings is 1. The van der Waals surface area contributed by atoms with Gasteiger partial charge in [-0.25, -0.2) is 9.36 Å². The van der Waals surface area contributed by atoms with E-state index in [1.807, 2.05) is 11.0 Å². The molecule has 0 atom stereocenters. The Balaban J connectivity index is 1.39. The molecule has 144 valence electrons.